The van der Waals surface area contributed by atoms with Gasteiger partial charge in [0.25, 0.3) is 0 Å². The Morgan fingerprint density at radius 2 is 2.05 bits per heavy atom. The van der Waals surface area contributed by atoms with E-state index in [9.17, 15) is 4.39 Å². The average molecular weight is 423 g/mol. The molecule has 0 atom stereocenters. The van der Waals surface area contributed by atoms with Crippen LogP contribution in [-0.2, 0) is 11.3 Å². The molecule has 0 radical (unpaired) electrons. The molecule has 0 fully saturated rings. The van der Waals surface area contributed by atoms with E-state index in [1.165, 1.54) is 6.07 Å². The quantitative estimate of drug-likeness (QED) is 0.307. The van der Waals surface area contributed by atoms with Gasteiger partial charge in [0, 0.05) is 26.7 Å². The number of hydrogen-bond acceptors (Lipinski definition) is 2. The van der Waals surface area contributed by atoms with Crippen LogP contribution in [0.15, 0.2) is 23.2 Å². The monoisotopic (exact) mass is 423 g/mol. The van der Waals surface area contributed by atoms with Gasteiger partial charge in [0.15, 0.2) is 5.96 Å². The summed E-state index contributed by atoms with van der Waals surface area (Å²) in [7, 11) is 1.73. The third kappa shape index (κ3) is 8.53. The topological polar surface area (TPSA) is 45.7 Å². The normalized spacial score (nSPS) is 11.3. The van der Waals surface area contributed by atoms with E-state index in [1.807, 2.05) is 19.9 Å². The zero-order chi connectivity index (χ0) is 15.7. The second-order valence-electron chi connectivity index (χ2n) is 5.21. The van der Waals surface area contributed by atoms with Gasteiger partial charge in [0.2, 0.25) is 0 Å². The number of rotatable bonds is 7. The smallest absolute Gasteiger partial charge is 0.191 e. The maximum Gasteiger partial charge on any atom is 0.191 e. The molecule has 0 heterocycles. The first-order valence-electron chi connectivity index (χ1n) is 7.34. The fourth-order valence-electron chi connectivity index (χ4n) is 1.82. The molecule has 1 aromatic rings. The van der Waals surface area contributed by atoms with Crippen LogP contribution < -0.4 is 10.6 Å². The molecule has 0 amide bonds. The lowest BCUT2D eigenvalue weighted by Crippen LogP contribution is -2.37. The SMILES string of the molecule is CN=C(NCCCOC(C)C)NCc1ccc(F)c(C)c1.I. The Balaban J connectivity index is 0.00000441. The molecule has 22 heavy (non-hydrogen) atoms. The molecule has 0 aromatic heterocycles. The molecule has 1 aromatic carbocycles. The molecule has 6 heteroatoms. The maximum atomic E-state index is 13.2. The summed E-state index contributed by atoms with van der Waals surface area (Å²) in [4.78, 5) is 4.16. The van der Waals surface area contributed by atoms with Crippen LogP contribution in [0.25, 0.3) is 0 Å². The lowest BCUT2D eigenvalue weighted by molar-refractivity contribution is 0.0776. The molecular formula is C16H27FIN3O. The third-order valence-corrected chi connectivity index (χ3v) is 2.97. The minimum Gasteiger partial charge on any atom is -0.379 e. The summed E-state index contributed by atoms with van der Waals surface area (Å²) in [5.74, 6) is 0.563. The molecule has 2 N–H and O–H groups in total. The van der Waals surface area contributed by atoms with E-state index >= 15 is 0 Å². The van der Waals surface area contributed by atoms with Crippen molar-refractivity contribution in [2.24, 2.45) is 4.99 Å². The van der Waals surface area contributed by atoms with Gasteiger partial charge in [-0.2, -0.15) is 0 Å². The van der Waals surface area contributed by atoms with E-state index in [0.29, 0.717) is 12.1 Å². The van der Waals surface area contributed by atoms with Crippen molar-refractivity contribution in [3.8, 4) is 0 Å². The first kappa shape index (κ1) is 21.1. The second-order valence-corrected chi connectivity index (χ2v) is 5.21. The summed E-state index contributed by atoms with van der Waals surface area (Å²) >= 11 is 0. The van der Waals surface area contributed by atoms with Crippen LogP contribution in [0.3, 0.4) is 0 Å². The number of ether oxygens (including phenoxy) is 1. The van der Waals surface area contributed by atoms with E-state index in [0.717, 1.165) is 31.1 Å². The van der Waals surface area contributed by atoms with Gasteiger partial charge in [-0.25, -0.2) is 4.39 Å². The molecule has 0 unspecified atom stereocenters. The van der Waals surface area contributed by atoms with Gasteiger partial charge >= 0.3 is 0 Å². The van der Waals surface area contributed by atoms with Crippen LogP contribution in [0.4, 0.5) is 4.39 Å². The molecular weight excluding hydrogens is 396 g/mol. The summed E-state index contributed by atoms with van der Waals surface area (Å²) in [5.41, 5.74) is 1.68. The van der Waals surface area contributed by atoms with Crippen molar-refractivity contribution < 1.29 is 9.13 Å². The first-order valence-corrected chi connectivity index (χ1v) is 7.34. The predicted octanol–water partition coefficient (Wildman–Crippen LogP) is 3.23. The van der Waals surface area contributed by atoms with E-state index in [1.54, 1.807) is 20.0 Å². The number of aryl methyl sites for hydroxylation is 1. The standard InChI is InChI=1S/C16H26FN3O.HI/c1-12(2)21-9-5-8-19-16(18-4)20-11-14-6-7-15(17)13(3)10-14;/h6-7,10,12H,5,8-9,11H2,1-4H3,(H2,18,19,20);1H. The molecule has 0 aliphatic heterocycles. The number of guanidine groups is 1. The molecule has 126 valence electrons. The average Bonchev–Trinajstić information content (AvgIpc) is 2.45. The lowest BCUT2D eigenvalue weighted by Gasteiger charge is -2.13. The highest BCUT2D eigenvalue weighted by atomic mass is 127. The number of nitrogens with one attached hydrogen (secondary N) is 2. The number of benzene rings is 1. The van der Waals surface area contributed by atoms with Crippen molar-refractivity contribution in [1.82, 2.24) is 10.6 Å². The Hall–Kier alpha value is -0.890. The number of aliphatic imine (C=N–C) groups is 1. The van der Waals surface area contributed by atoms with Crippen LogP contribution in [0.5, 0.6) is 0 Å². The zero-order valence-electron chi connectivity index (χ0n) is 13.8. The molecule has 1 rings (SSSR count). The Labute approximate surface area is 149 Å². The molecule has 0 spiro atoms. The minimum atomic E-state index is -0.175. The van der Waals surface area contributed by atoms with E-state index < -0.39 is 0 Å². The Morgan fingerprint density at radius 1 is 1.32 bits per heavy atom. The summed E-state index contributed by atoms with van der Waals surface area (Å²) in [6, 6.07) is 5.11. The van der Waals surface area contributed by atoms with Gasteiger partial charge in [-0.3, -0.25) is 4.99 Å². The summed E-state index contributed by atoms with van der Waals surface area (Å²) in [6.07, 6.45) is 1.19. The van der Waals surface area contributed by atoms with Crippen LogP contribution in [0.1, 0.15) is 31.4 Å². The highest BCUT2D eigenvalue weighted by molar-refractivity contribution is 14.0. The summed E-state index contributed by atoms with van der Waals surface area (Å²) in [5, 5.41) is 6.43. The molecule has 4 nitrogen and oxygen atoms in total. The van der Waals surface area contributed by atoms with Crippen molar-refractivity contribution in [2.45, 2.75) is 39.8 Å². The van der Waals surface area contributed by atoms with E-state index in [-0.39, 0.29) is 35.9 Å². The van der Waals surface area contributed by atoms with Crippen LogP contribution >= 0.6 is 24.0 Å². The van der Waals surface area contributed by atoms with Crippen LogP contribution in [0, 0.1) is 12.7 Å². The second kappa shape index (κ2) is 11.6. The van der Waals surface area contributed by atoms with Gasteiger partial charge < -0.3 is 15.4 Å². The Morgan fingerprint density at radius 3 is 2.64 bits per heavy atom. The Bertz CT molecular complexity index is 467. The number of halogens is 2. The fraction of sp³-hybridized carbons (Fsp3) is 0.562. The van der Waals surface area contributed by atoms with Crippen LogP contribution in [0.2, 0.25) is 0 Å². The summed E-state index contributed by atoms with van der Waals surface area (Å²) < 4.78 is 18.7. The maximum absolute atomic E-state index is 13.2. The summed E-state index contributed by atoms with van der Waals surface area (Å²) in [6.45, 7) is 7.97. The fourth-order valence-corrected chi connectivity index (χ4v) is 1.82. The molecule has 0 aliphatic rings. The third-order valence-electron chi connectivity index (χ3n) is 2.97. The van der Waals surface area contributed by atoms with Crippen molar-refractivity contribution >= 4 is 29.9 Å². The van der Waals surface area contributed by atoms with Gasteiger partial charge in [-0.05, 0) is 44.4 Å². The first-order chi connectivity index (χ1) is 10.0. The largest absolute Gasteiger partial charge is 0.379 e. The van der Waals surface area contributed by atoms with Gasteiger partial charge in [-0.15, -0.1) is 24.0 Å². The lowest BCUT2D eigenvalue weighted by atomic mass is 10.1. The number of hydrogen-bond donors (Lipinski definition) is 2. The predicted molar refractivity (Wildman–Crippen MR) is 100 cm³/mol. The highest BCUT2D eigenvalue weighted by Gasteiger charge is 2.01. The van der Waals surface area contributed by atoms with Gasteiger partial charge in [0.1, 0.15) is 5.82 Å². The molecule has 0 saturated heterocycles. The van der Waals surface area contributed by atoms with Crippen LogP contribution in [-0.4, -0.2) is 32.3 Å². The molecule has 0 bridgehead atoms. The zero-order valence-corrected chi connectivity index (χ0v) is 16.1. The van der Waals surface area contributed by atoms with Gasteiger partial charge in [0.05, 0.1) is 6.10 Å². The minimum absolute atomic E-state index is 0. The van der Waals surface area contributed by atoms with Crippen molar-refractivity contribution in [1.29, 1.82) is 0 Å². The van der Waals surface area contributed by atoms with E-state index in [4.69, 9.17) is 4.74 Å². The van der Waals surface area contributed by atoms with Gasteiger partial charge in [-0.1, -0.05) is 12.1 Å². The Kier molecular flexibility index (Phi) is 11.2. The molecule has 0 saturated carbocycles. The highest BCUT2D eigenvalue weighted by Crippen LogP contribution is 2.08. The van der Waals surface area contributed by atoms with Crippen molar-refractivity contribution in [2.75, 3.05) is 20.2 Å². The molecule has 0 aliphatic carbocycles. The van der Waals surface area contributed by atoms with Crippen molar-refractivity contribution in [3.63, 3.8) is 0 Å². The van der Waals surface area contributed by atoms with E-state index in [2.05, 4.69) is 15.6 Å². The number of nitrogens with zero attached hydrogens (tertiary/aromatic N) is 1. The van der Waals surface area contributed by atoms with Crippen molar-refractivity contribution in [3.05, 3.63) is 35.1 Å².